The molecular formula is C18H17F2NO3. The van der Waals surface area contributed by atoms with Gasteiger partial charge in [-0.05, 0) is 17.7 Å². The van der Waals surface area contributed by atoms with Crippen molar-refractivity contribution in [1.29, 1.82) is 0 Å². The number of nitrogens with one attached hydrogen (secondary N) is 1. The van der Waals surface area contributed by atoms with Crippen LogP contribution in [0, 0.1) is 11.6 Å². The minimum Gasteiger partial charge on any atom is -0.445 e. The summed E-state index contributed by atoms with van der Waals surface area (Å²) in [6, 6.07) is 12.6. The Balaban J connectivity index is 1.73. The topological polar surface area (TPSA) is 58.6 Å². The number of halogens is 2. The largest absolute Gasteiger partial charge is 0.445 e. The van der Waals surface area contributed by atoms with Crippen molar-refractivity contribution in [3.8, 4) is 0 Å². The van der Waals surface area contributed by atoms with Crippen LogP contribution in [0.5, 0.6) is 0 Å². The molecular weight excluding hydrogens is 316 g/mol. The van der Waals surface area contributed by atoms with E-state index in [0.29, 0.717) is 0 Å². The predicted octanol–water partition coefficient (Wildman–Crippen LogP) is 3.24. The van der Waals surface area contributed by atoms with Gasteiger partial charge in [0.1, 0.15) is 18.2 Å². The van der Waals surface area contributed by atoms with E-state index in [0.717, 1.165) is 17.7 Å². The van der Waals surface area contributed by atoms with E-state index in [9.17, 15) is 18.7 Å². The number of carbonyl (C=O) groups is 1. The van der Waals surface area contributed by atoms with E-state index in [-0.39, 0.29) is 25.0 Å². The molecule has 1 saturated carbocycles. The number of carbonyl (C=O) groups excluding carboxylic acids is 1. The Morgan fingerprint density at radius 3 is 2.33 bits per heavy atom. The van der Waals surface area contributed by atoms with Gasteiger partial charge in [0.2, 0.25) is 0 Å². The first-order chi connectivity index (χ1) is 11.5. The molecule has 126 valence electrons. The van der Waals surface area contributed by atoms with Gasteiger partial charge >= 0.3 is 6.09 Å². The second-order valence-corrected chi connectivity index (χ2v) is 5.93. The molecule has 6 heteroatoms. The van der Waals surface area contributed by atoms with Crippen molar-refractivity contribution < 1.29 is 23.4 Å². The van der Waals surface area contributed by atoms with Crippen LogP contribution >= 0.6 is 0 Å². The maximum atomic E-state index is 14.1. The number of benzene rings is 2. The summed E-state index contributed by atoms with van der Waals surface area (Å²) in [4.78, 5) is 12.1. The molecule has 3 rings (SSSR count). The summed E-state index contributed by atoms with van der Waals surface area (Å²) >= 11 is 0. The number of ether oxygens (including phenoxy) is 1. The fourth-order valence-electron chi connectivity index (χ4n) is 3.02. The van der Waals surface area contributed by atoms with Gasteiger partial charge in [0.25, 0.3) is 0 Å². The lowest BCUT2D eigenvalue weighted by molar-refractivity contribution is -0.00545. The fraction of sp³-hybridized carbons (Fsp3) is 0.278. The maximum Gasteiger partial charge on any atom is 0.408 e. The monoisotopic (exact) mass is 333 g/mol. The molecule has 2 aromatic rings. The van der Waals surface area contributed by atoms with Crippen LogP contribution in [0.2, 0.25) is 0 Å². The summed E-state index contributed by atoms with van der Waals surface area (Å²) in [5.41, 5.74) is -0.734. The molecule has 0 aromatic heterocycles. The Morgan fingerprint density at radius 1 is 1.12 bits per heavy atom. The van der Waals surface area contributed by atoms with Crippen LogP contribution in [0.15, 0.2) is 48.5 Å². The lowest BCUT2D eigenvalue weighted by atomic mass is 9.69. The number of hydrogen-bond acceptors (Lipinski definition) is 3. The van der Waals surface area contributed by atoms with Crippen LogP contribution in [0.3, 0.4) is 0 Å². The molecule has 0 atom stereocenters. The van der Waals surface area contributed by atoms with Gasteiger partial charge < -0.3 is 15.2 Å². The van der Waals surface area contributed by atoms with Gasteiger partial charge in [-0.1, -0.05) is 36.4 Å². The van der Waals surface area contributed by atoms with E-state index >= 15 is 0 Å². The second kappa shape index (κ2) is 6.57. The zero-order valence-corrected chi connectivity index (χ0v) is 12.8. The quantitative estimate of drug-likeness (QED) is 0.903. The normalized spacial score (nSPS) is 22.5. The van der Waals surface area contributed by atoms with E-state index < -0.39 is 29.4 Å². The first kappa shape index (κ1) is 16.4. The lowest BCUT2D eigenvalue weighted by Gasteiger charge is -2.45. The van der Waals surface area contributed by atoms with Gasteiger partial charge in [-0.2, -0.15) is 0 Å². The van der Waals surface area contributed by atoms with E-state index in [4.69, 9.17) is 4.74 Å². The SMILES string of the molecule is O=C(NC1(c2c(F)cccc2F)CC(O)C1)OCc1ccccc1. The number of rotatable bonds is 4. The molecule has 4 nitrogen and oxygen atoms in total. The molecule has 0 radical (unpaired) electrons. The molecule has 2 N–H and O–H groups in total. The summed E-state index contributed by atoms with van der Waals surface area (Å²) in [6.07, 6.45) is -1.44. The Bertz CT molecular complexity index is 710. The van der Waals surface area contributed by atoms with Crippen LogP contribution in [0.1, 0.15) is 24.0 Å². The van der Waals surface area contributed by atoms with Crippen LogP contribution in [0.4, 0.5) is 13.6 Å². The smallest absolute Gasteiger partial charge is 0.408 e. The Hall–Kier alpha value is -2.47. The maximum absolute atomic E-state index is 14.1. The van der Waals surface area contributed by atoms with Crippen molar-refractivity contribution in [3.05, 3.63) is 71.3 Å². The zero-order chi connectivity index (χ0) is 17.2. The number of aliphatic hydroxyl groups excluding tert-OH is 1. The Morgan fingerprint density at radius 2 is 1.75 bits per heavy atom. The Labute approximate surface area is 138 Å². The summed E-state index contributed by atoms with van der Waals surface area (Å²) in [5, 5.41) is 12.1. The highest BCUT2D eigenvalue weighted by Gasteiger charge is 2.49. The summed E-state index contributed by atoms with van der Waals surface area (Å²) in [5.74, 6) is -1.52. The molecule has 0 bridgehead atoms. The van der Waals surface area contributed by atoms with Gasteiger partial charge in [0.15, 0.2) is 0 Å². The lowest BCUT2D eigenvalue weighted by Crippen LogP contribution is -2.57. The Kier molecular flexibility index (Phi) is 4.49. The van der Waals surface area contributed by atoms with Gasteiger partial charge in [-0.25, -0.2) is 13.6 Å². The number of hydrogen-bond donors (Lipinski definition) is 2. The van der Waals surface area contributed by atoms with Crippen molar-refractivity contribution in [3.63, 3.8) is 0 Å². The summed E-state index contributed by atoms with van der Waals surface area (Å²) in [6.45, 7) is 0.0467. The molecule has 1 aliphatic rings. The molecule has 0 unspecified atom stereocenters. The van der Waals surface area contributed by atoms with Crippen LogP contribution < -0.4 is 5.32 Å². The van der Waals surface area contributed by atoms with Crippen molar-refractivity contribution >= 4 is 6.09 Å². The average Bonchev–Trinajstić information content (AvgIpc) is 2.52. The third-order valence-corrected chi connectivity index (χ3v) is 4.16. The first-order valence-corrected chi connectivity index (χ1v) is 7.61. The third kappa shape index (κ3) is 3.23. The molecule has 0 aliphatic heterocycles. The van der Waals surface area contributed by atoms with Gasteiger partial charge in [-0.3, -0.25) is 0 Å². The average molecular weight is 333 g/mol. The minimum absolute atomic E-state index is 0.0330. The van der Waals surface area contributed by atoms with Crippen molar-refractivity contribution in [1.82, 2.24) is 5.32 Å². The molecule has 1 aliphatic carbocycles. The van der Waals surface area contributed by atoms with Crippen molar-refractivity contribution in [2.45, 2.75) is 31.1 Å². The van der Waals surface area contributed by atoms with Crippen LogP contribution in [-0.4, -0.2) is 17.3 Å². The minimum atomic E-state index is -1.29. The van der Waals surface area contributed by atoms with Crippen LogP contribution in [-0.2, 0) is 16.9 Å². The molecule has 0 spiro atoms. The summed E-state index contributed by atoms with van der Waals surface area (Å²) in [7, 11) is 0. The highest BCUT2D eigenvalue weighted by atomic mass is 19.1. The predicted molar refractivity (Wildman–Crippen MR) is 83.0 cm³/mol. The fourth-order valence-corrected chi connectivity index (χ4v) is 3.02. The van der Waals surface area contributed by atoms with Gasteiger partial charge in [0, 0.05) is 18.4 Å². The molecule has 0 heterocycles. The highest BCUT2D eigenvalue weighted by molar-refractivity contribution is 5.69. The molecule has 1 amide bonds. The van der Waals surface area contributed by atoms with Gasteiger partial charge in [0.05, 0.1) is 11.6 Å². The number of aliphatic hydroxyl groups is 1. The second-order valence-electron chi connectivity index (χ2n) is 5.93. The third-order valence-electron chi connectivity index (χ3n) is 4.16. The van der Waals surface area contributed by atoms with E-state index in [1.165, 1.54) is 6.07 Å². The van der Waals surface area contributed by atoms with Gasteiger partial charge in [-0.15, -0.1) is 0 Å². The zero-order valence-electron chi connectivity index (χ0n) is 12.8. The van der Waals surface area contributed by atoms with E-state index in [2.05, 4.69) is 5.32 Å². The molecule has 24 heavy (non-hydrogen) atoms. The number of amides is 1. The molecule has 0 saturated heterocycles. The standard InChI is InChI=1S/C18H17F2NO3/c19-14-7-4-8-15(20)16(14)18(9-13(22)10-18)21-17(23)24-11-12-5-2-1-3-6-12/h1-8,13,22H,9-11H2,(H,21,23). The van der Waals surface area contributed by atoms with E-state index in [1.54, 1.807) is 12.1 Å². The van der Waals surface area contributed by atoms with Crippen molar-refractivity contribution in [2.75, 3.05) is 0 Å². The molecule has 2 aromatic carbocycles. The molecule has 1 fully saturated rings. The first-order valence-electron chi connectivity index (χ1n) is 7.61. The van der Waals surface area contributed by atoms with Crippen LogP contribution in [0.25, 0.3) is 0 Å². The highest BCUT2D eigenvalue weighted by Crippen LogP contribution is 2.43. The van der Waals surface area contributed by atoms with E-state index in [1.807, 2.05) is 18.2 Å². The van der Waals surface area contributed by atoms with Crippen molar-refractivity contribution in [2.24, 2.45) is 0 Å². The summed E-state index contributed by atoms with van der Waals surface area (Å²) < 4.78 is 33.3. The number of alkyl carbamates (subject to hydrolysis) is 1.